The molecular weight excluding hydrogens is 485 g/mol. The molecular formula is C21H14F5N3O4S. The molecule has 0 amide bonds. The molecule has 0 aliphatic rings. The van der Waals surface area contributed by atoms with Crippen LogP contribution in [0.2, 0.25) is 0 Å². The summed E-state index contributed by atoms with van der Waals surface area (Å²) in [6, 6.07) is 9.99. The fraction of sp³-hybridized carbons (Fsp3) is 0.0952. The predicted octanol–water partition coefficient (Wildman–Crippen LogP) is 3.87. The van der Waals surface area contributed by atoms with Gasteiger partial charge < -0.3 is 4.74 Å². The lowest BCUT2D eigenvalue weighted by Gasteiger charge is -2.16. The third kappa shape index (κ3) is 4.65. The number of aromatic nitrogens is 2. The molecule has 4 aromatic rings. The normalized spacial score (nSPS) is 12.3. The minimum atomic E-state index is -5.12. The van der Waals surface area contributed by atoms with Gasteiger partial charge in [0.05, 0.1) is 22.3 Å². The van der Waals surface area contributed by atoms with Crippen molar-refractivity contribution in [3.63, 3.8) is 0 Å². The highest BCUT2D eigenvalue weighted by Gasteiger charge is 2.33. The van der Waals surface area contributed by atoms with E-state index in [-0.39, 0.29) is 23.0 Å². The number of hydrogen-bond acceptors (Lipinski definition) is 4. The van der Waals surface area contributed by atoms with Gasteiger partial charge in [-0.15, -0.1) is 13.2 Å². The maximum absolute atomic E-state index is 13.5. The third-order valence-corrected chi connectivity index (χ3v) is 5.86. The van der Waals surface area contributed by atoms with E-state index in [1.807, 2.05) is 0 Å². The summed E-state index contributed by atoms with van der Waals surface area (Å²) >= 11 is 0. The summed E-state index contributed by atoms with van der Waals surface area (Å²) in [6.07, 6.45) is -5.12. The number of aromatic amines is 1. The fourth-order valence-electron chi connectivity index (χ4n) is 3.54. The Kier molecular flexibility index (Phi) is 5.69. The average molecular weight is 499 g/mol. The monoisotopic (exact) mass is 499 g/mol. The number of H-pyrrole nitrogens is 1. The van der Waals surface area contributed by atoms with Crippen LogP contribution in [0.3, 0.4) is 0 Å². The van der Waals surface area contributed by atoms with Gasteiger partial charge in [0.15, 0.2) is 11.6 Å². The zero-order chi connectivity index (χ0) is 24.8. The Labute approximate surface area is 188 Å². The number of hydrogen-bond donors (Lipinski definition) is 2. The van der Waals surface area contributed by atoms with Crippen LogP contribution in [-0.2, 0) is 16.6 Å². The van der Waals surface area contributed by atoms with Crippen LogP contribution in [-0.4, -0.2) is 24.6 Å². The first-order valence-electron chi connectivity index (χ1n) is 9.42. The molecule has 34 heavy (non-hydrogen) atoms. The minimum Gasteiger partial charge on any atom is -0.405 e. The first-order valence-corrected chi connectivity index (χ1v) is 11.0. The van der Waals surface area contributed by atoms with Crippen molar-refractivity contribution in [1.82, 2.24) is 9.78 Å². The molecule has 178 valence electrons. The second-order valence-corrected chi connectivity index (χ2v) is 8.76. The van der Waals surface area contributed by atoms with Crippen molar-refractivity contribution in [2.75, 3.05) is 0 Å². The molecule has 0 aliphatic heterocycles. The van der Waals surface area contributed by atoms with E-state index in [4.69, 9.17) is 5.14 Å². The number of nitrogens with zero attached hydrogens (tertiary/aromatic N) is 1. The number of rotatable bonds is 5. The maximum atomic E-state index is 13.5. The number of sulfonamides is 1. The second kappa shape index (κ2) is 8.25. The zero-order valence-corrected chi connectivity index (χ0v) is 17.7. The van der Waals surface area contributed by atoms with E-state index in [9.17, 15) is 35.2 Å². The van der Waals surface area contributed by atoms with Gasteiger partial charge in [-0.1, -0.05) is 18.2 Å². The topological polar surface area (TPSA) is 107 Å². The Hall–Kier alpha value is -3.71. The summed E-state index contributed by atoms with van der Waals surface area (Å²) in [6.45, 7) is -0.0501. The summed E-state index contributed by atoms with van der Waals surface area (Å²) in [5.74, 6) is -2.93. The Morgan fingerprint density at radius 2 is 1.74 bits per heavy atom. The van der Waals surface area contributed by atoms with E-state index < -0.39 is 49.8 Å². The van der Waals surface area contributed by atoms with E-state index in [0.717, 1.165) is 30.3 Å². The summed E-state index contributed by atoms with van der Waals surface area (Å²) in [7, 11) is -4.47. The van der Waals surface area contributed by atoms with Crippen molar-refractivity contribution in [3.8, 4) is 16.9 Å². The molecule has 0 saturated carbocycles. The summed E-state index contributed by atoms with van der Waals surface area (Å²) in [5, 5.41) is 7.69. The van der Waals surface area contributed by atoms with E-state index >= 15 is 0 Å². The zero-order valence-electron chi connectivity index (χ0n) is 16.9. The van der Waals surface area contributed by atoms with Crippen LogP contribution in [0.15, 0.2) is 64.3 Å². The fourth-order valence-corrected chi connectivity index (χ4v) is 4.31. The molecule has 1 heterocycles. The number of ether oxygens (including phenoxy) is 1. The molecule has 3 aromatic carbocycles. The number of halogens is 5. The first kappa shape index (κ1) is 23.4. The number of fused-ring (bicyclic) bond motifs is 1. The van der Waals surface area contributed by atoms with Crippen LogP contribution in [0.25, 0.3) is 22.0 Å². The van der Waals surface area contributed by atoms with Crippen molar-refractivity contribution >= 4 is 20.9 Å². The average Bonchev–Trinajstić information content (AvgIpc) is 3.03. The highest BCUT2D eigenvalue weighted by molar-refractivity contribution is 7.89. The summed E-state index contributed by atoms with van der Waals surface area (Å²) < 4.78 is 94.9. The predicted molar refractivity (Wildman–Crippen MR) is 112 cm³/mol. The van der Waals surface area contributed by atoms with Crippen molar-refractivity contribution < 1.29 is 35.1 Å². The molecule has 7 nitrogen and oxygen atoms in total. The Bertz CT molecular complexity index is 1580. The van der Waals surface area contributed by atoms with Crippen LogP contribution in [0.4, 0.5) is 22.0 Å². The van der Waals surface area contributed by atoms with Crippen molar-refractivity contribution in [2.24, 2.45) is 5.14 Å². The smallest absolute Gasteiger partial charge is 0.405 e. The summed E-state index contributed by atoms with van der Waals surface area (Å²) in [5.41, 5.74) is -0.586. The number of alkyl halides is 3. The van der Waals surface area contributed by atoms with Crippen molar-refractivity contribution in [3.05, 3.63) is 82.1 Å². The molecule has 0 unspecified atom stereocenters. The van der Waals surface area contributed by atoms with Gasteiger partial charge in [0, 0.05) is 5.56 Å². The van der Waals surface area contributed by atoms with Gasteiger partial charge in [-0.2, -0.15) is 0 Å². The van der Waals surface area contributed by atoms with Gasteiger partial charge in [-0.25, -0.2) is 22.3 Å². The highest BCUT2D eigenvalue weighted by atomic mass is 32.2. The maximum Gasteiger partial charge on any atom is 0.573 e. The molecule has 1 aromatic heterocycles. The lowest BCUT2D eigenvalue weighted by molar-refractivity contribution is -0.274. The van der Waals surface area contributed by atoms with Gasteiger partial charge >= 0.3 is 6.36 Å². The largest absolute Gasteiger partial charge is 0.573 e. The van der Waals surface area contributed by atoms with Crippen molar-refractivity contribution in [1.29, 1.82) is 0 Å². The molecule has 13 heteroatoms. The molecule has 0 radical (unpaired) electrons. The Balaban J connectivity index is 1.86. The van der Waals surface area contributed by atoms with Gasteiger partial charge in [-0.05, 0) is 47.5 Å². The van der Waals surface area contributed by atoms with Crippen LogP contribution in [0, 0.1) is 11.6 Å². The molecule has 4 rings (SSSR count). The van der Waals surface area contributed by atoms with Crippen LogP contribution in [0.1, 0.15) is 5.56 Å². The Morgan fingerprint density at radius 3 is 2.38 bits per heavy atom. The van der Waals surface area contributed by atoms with Crippen LogP contribution in [0.5, 0.6) is 5.75 Å². The van der Waals surface area contributed by atoms with Gasteiger partial charge in [0.25, 0.3) is 5.56 Å². The van der Waals surface area contributed by atoms with Gasteiger partial charge in [0.2, 0.25) is 10.0 Å². The minimum absolute atomic E-state index is 0.00210. The SMILES string of the molecule is NS(=O)(=O)c1cccc(OC(F)(F)F)c1-c1ccc2c(c1)c(=O)[nH]n2Cc1ccc(F)c(F)c1. The molecule has 0 aliphatic carbocycles. The highest BCUT2D eigenvalue weighted by Crippen LogP contribution is 2.39. The number of nitrogens with one attached hydrogen (secondary N) is 1. The molecule has 0 atom stereocenters. The van der Waals surface area contributed by atoms with Crippen LogP contribution < -0.4 is 15.4 Å². The molecule has 0 spiro atoms. The van der Waals surface area contributed by atoms with E-state index in [0.29, 0.717) is 5.56 Å². The molecule has 0 bridgehead atoms. The third-order valence-electron chi connectivity index (χ3n) is 4.90. The number of primary sulfonamides is 1. The van der Waals surface area contributed by atoms with E-state index in [1.54, 1.807) is 0 Å². The number of nitrogens with two attached hydrogens (primary N) is 1. The quantitative estimate of drug-likeness (QED) is 0.407. The van der Waals surface area contributed by atoms with Gasteiger partial charge in [-0.3, -0.25) is 14.6 Å². The lowest BCUT2D eigenvalue weighted by Crippen LogP contribution is -2.19. The van der Waals surface area contributed by atoms with Gasteiger partial charge in [0.1, 0.15) is 5.75 Å². The van der Waals surface area contributed by atoms with E-state index in [1.165, 1.54) is 28.9 Å². The van der Waals surface area contributed by atoms with Crippen LogP contribution >= 0.6 is 0 Å². The number of benzene rings is 3. The lowest BCUT2D eigenvalue weighted by atomic mass is 10.0. The molecule has 0 fully saturated rings. The first-order chi connectivity index (χ1) is 15.8. The van der Waals surface area contributed by atoms with Crippen molar-refractivity contribution in [2.45, 2.75) is 17.8 Å². The standard InChI is InChI=1S/C21H14F5N3O4S/c22-14-6-4-11(8-15(14)23)10-29-16-7-5-12(9-13(16)20(30)28-29)19-17(33-21(24,25)26)2-1-3-18(19)34(27,31)32/h1-9H,10H2,(H,28,30)(H2,27,31,32). The Morgan fingerprint density at radius 1 is 1.00 bits per heavy atom. The summed E-state index contributed by atoms with van der Waals surface area (Å²) in [4.78, 5) is 11.9. The molecule has 3 N–H and O–H groups in total. The second-order valence-electron chi connectivity index (χ2n) is 7.23. The van der Waals surface area contributed by atoms with E-state index in [2.05, 4.69) is 9.84 Å². The molecule has 0 saturated heterocycles.